The van der Waals surface area contributed by atoms with Crippen molar-refractivity contribution in [3.05, 3.63) is 94.2 Å². The number of benzene rings is 3. The molecule has 1 aromatic heterocycles. The summed E-state index contributed by atoms with van der Waals surface area (Å²) in [7, 11) is 0. The normalized spacial score (nSPS) is 11.4. The van der Waals surface area contributed by atoms with Gasteiger partial charge in [-0.2, -0.15) is 5.26 Å². The number of aromatic amines is 1. The monoisotopic (exact) mass is 429 g/mol. The Labute approximate surface area is 171 Å². The summed E-state index contributed by atoms with van der Waals surface area (Å²) >= 11 is 3.43. The first-order valence-corrected chi connectivity index (χ1v) is 9.55. The first-order chi connectivity index (χ1) is 13.7. The summed E-state index contributed by atoms with van der Waals surface area (Å²) in [4.78, 5) is 7.70. The molecule has 0 aliphatic carbocycles. The van der Waals surface area contributed by atoms with Crippen molar-refractivity contribution in [3.8, 4) is 11.8 Å². The van der Waals surface area contributed by atoms with E-state index in [1.165, 1.54) is 0 Å². The van der Waals surface area contributed by atoms with E-state index in [0.29, 0.717) is 18.0 Å². The van der Waals surface area contributed by atoms with Crippen LogP contribution in [-0.2, 0) is 6.61 Å². The van der Waals surface area contributed by atoms with Crippen molar-refractivity contribution in [1.29, 1.82) is 5.26 Å². The lowest BCUT2D eigenvalue weighted by molar-refractivity contribution is 0.306. The Balaban J connectivity index is 1.55. The number of aromatic nitrogens is 2. The van der Waals surface area contributed by atoms with Crippen LogP contribution in [0.25, 0.3) is 22.7 Å². The maximum Gasteiger partial charge on any atom is 0.149 e. The van der Waals surface area contributed by atoms with Crippen LogP contribution in [0.15, 0.2) is 77.3 Å². The van der Waals surface area contributed by atoms with E-state index in [2.05, 4.69) is 32.0 Å². The number of rotatable bonds is 5. The van der Waals surface area contributed by atoms with Crippen molar-refractivity contribution in [2.75, 3.05) is 0 Å². The third-order valence-corrected chi connectivity index (χ3v) is 4.78. The van der Waals surface area contributed by atoms with Gasteiger partial charge in [0.1, 0.15) is 24.3 Å². The molecule has 0 spiro atoms. The van der Waals surface area contributed by atoms with E-state index < -0.39 is 0 Å². The van der Waals surface area contributed by atoms with E-state index in [9.17, 15) is 5.26 Å². The molecule has 0 aliphatic heterocycles. The number of halogens is 1. The number of nitrogens with zero attached hydrogens (tertiary/aromatic N) is 2. The van der Waals surface area contributed by atoms with Crippen molar-refractivity contribution in [3.63, 3.8) is 0 Å². The summed E-state index contributed by atoms with van der Waals surface area (Å²) in [6.07, 6.45) is 1.81. The summed E-state index contributed by atoms with van der Waals surface area (Å²) in [5.74, 6) is 1.31. The summed E-state index contributed by atoms with van der Waals surface area (Å²) < 4.78 is 6.93. The molecular formula is C23H16BrN3O. The summed E-state index contributed by atoms with van der Waals surface area (Å²) in [5, 5.41) is 9.60. The minimum absolute atomic E-state index is 0.473. The van der Waals surface area contributed by atoms with Crippen LogP contribution in [0.2, 0.25) is 0 Å². The summed E-state index contributed by atoms with van der Waals surface area (Å²) in [5.41, 5.74) is 4.19. The second-order valence-electron chi connectivity index (χ2n) is 6.26. The van der Waals surface area contributed by atoms with Crippen LogP contribution >= 0.6 is 15.9 Å². The molecular weight excluding hydrogens is 414 g/mol. The third-order valence-electron chi connectivity index (χ3n) is 4.25. The molecule has 1 heterocycles. The Kier molecular flexibility index (Phi) is 5.22. The average molecular weight is 430 g/mol. The van der Waals surface area contributed by atoms with E-state index in [1.807, 2.05) is 78.9 Å². The topological polar surface area (TPSA) is 61.7 Å². The van der Waals surface area contributed by atoms with E-state index in [-0.39, 0.29) is 0 Å². The maximum absolute atomic E-state index is 9.60. The highest BCUT2D eigenvalue weighted by atomic mass is 79.9. The van der Waals surface area contributed by atoms with Gasteiger partial charge in [-0.3, -0.25) is 0 Å². The molecule has 0 amide bonds. The molecule has 0 unspecified atom stereocenters. The zero-order chi connectivity index (χ0) is 19.3. The SMILES string of the molecule is N#C/C(=C\c1cccc(OCc2ccc(Br)cc2)c1)c1nc2ccccc2[nH]1. The van der Waals surface area contributed by atoms with Crippen LogP contribution < -0.4 is 4.74 Å². The van der Waals surface area contributed by atoms with Gasteiger partial charge in [-0.1, -0.05) is 52.3 Å². The number of nitrogens with one attached hydrogen (secondary N) is 1. The summed E-state index contributed by atoms with van der Waals surface area (Å²) in [6, 6.07) is 25.6. The van der Waals surface area contributed by atoms with Crippen molar-refractivity contribution in [2.45, 2.75) is 6.61 Å². The van der Waals surface area contributed by atoms with Crippen molar-refractivity contribution < 1.29 is 4.74 Å². The molecule has 4 rings (SSSR count). The Hall–Kier alpha value is -3.36. The fourth-order valence-corrected chi connectivity index (χ4v) is 3.11. The first kappa shape index (κ1) is 18.0. The van der Waals surface area contributed by atoms with Crippen LogP contribution in [-0.4, -0.2) is 9.97 Å². The van der Waals surface area contributed by atoms with E-state index in [0.717, 1.165) is 32.4 Å². The number of imidazole rings is 1. The zero-order valence-electron chi connectivity index (χ0n) is 14.9. The number of H-pyrrole nitrogens is 1. The Bertz CT molecular complexity index is 1150. The van der Waals surface area contributed by atoms with Gasteiger partial charge in [-0.05, 0) is 53.6 Å². The Morgan fingerprint density at radius 1 is 1.07 bits per heavy atom. The molecule has 3 aromatic carbocycles. The number of fused-ring (bicyclic) bond motifs is 1. The summed E-state index contributed by atoms with van der Waals surface area (Å²) in [6.45, 7) is 0.481. The second kappa shape index (κ2) is 8.12. The highest BCUT2D eigenvalue weighted by molar-refractivity contribution is 9.10. The minimum Gasteiger partial charge on any atom is -0.489 e. The van der Waals surface area contributed by atoms with Gasteiger partial charge in [0, 0.05) is 4.47 Å². The largest absolute Gasteiger partial charge is 0.489 e. The van der Waals surface area contributed by atoms with Gasteiger partial charge in [0.05, 0.1) is 16.6 Å². The highest BCUT2D eigenvalue weighted by Crippen LogP contribution is 2.22. The zero-order valence-corrected chi connectivity index (χ0v) is 16.5. The maximum atomic E-state index is 9.60. The van der Waals surface area contributed by atoms with Gasteiger partial charge in [-0.25, -0.2) is 4.98 Å². The molecule has 0 atom stereocenters. The predicted molar refractivity (Wildman–Crippen MR) is 114 cm³/mol. The molecule has 136 valence electrons. The molecule has 1 N–H and O–H groups in total. The number of hydrogen-bond acceptors (Lipinski definition) is 3. The Morgan fingerprint density at radius 2 is 1.89 bits per heavy atom. The Morgan fingerprint density at radius 3 is 2.68 bits per heavy atom. The molecule has 0 radical (unpaired) electrons. The van der Waals surface area contributed by atoms with Crippen LogP contribution in [0.4, 0.5) is 0 Å². The number of allylic oxidation sites excluding steroid dienone is 1. The molecule has 0 saturated carbocycles. The van der Waals surface area contributed by atoms with Crippen molar-refractivity contribution in [1.82, 2.24) is 9.97 Å². The number of ether oxygens (including phenoxy) is 1. The van der Waals surface area contributed by atoms with Crippen LogP contribution in [0.1, 0.15) is 17.0 Å². The molecule has 0 saturated heterocycles. The third kappa shape index (κ3) is 4.13. The molecule has 0 bridgehead atoms. The average Bonchev–Trinajstić information content (AvgIpc) is 3.16. The van der Waals surface area contributed by atoms with Gasteiger partial charge in [0.25, 0.3) is 0 Å². The molecule has 5 heteroatoms. The van der Waals surface area contributed by atoms with Crippen LogP contribution in [0.3, 0.4) is 0 Å². The lowest BCUT2D eigenvalue weighted by atomic mass is 10.1. The number of hydrogen-bond donors (Lipinski definition) is 1. The standard InChI is InChI=1S/C23H16BrN3O/c24-19-10-8-16(9-11-19)15-28-20-5-3-4-17(13-20)12-18(14-25)23-26-21-6-1-2-7-22(21)27-23/h1-13H,15H2,(H,26,27)/b18-12+. The van der Waals surface area contributed by atoms with E-state index >= 15 is 0 Å². The van der Waals surface area contributed by atoms with Gasteiger partial charge in [-0.15, -0.1) is 0 Å². The molecule has 4 aromatic rings. The number of nitriles is 1. The van der Waals surface area contributed by atoms with E-state index in [1.54, 1.807) is 0 Å². The molecule has 0 fully saturated rings. The lowest BCUT2D eigenvalue weighted by Gasteiger charge is -2.07. The number of para-hydroxylation sites is 2. The molecule has 0 aliphatic rings. The fourth-order valence-electron chi connectivity index (χ4n) is 2.84. The molecule has 28 heavy (non-hydrogen) atoms. The minimum atomic E-state index is 0.473. The van der Waals surface area contributed by atoms with Gasteiger partial charge in [0.15, 0.2) is 0 Å². The molecule has 4 nitrogen and oxygen atoms in total. The van der Waals surface area contributed by atoms with Crippen molar-refractivity contribution in [2.24, 2.45) is 0 Å². The second-order valence-corrected chi connectivity index (χ2v) is 7.18. The van der Waals surface area contributed by atoms with E-state index in [4.69, 9.17) is 4.74 Å². The fraction of sp³-hybridized carbons (Fsp3) is 0.0435. The van der Waals surface area contributed by atoms with Gasteiger partial charge in [0.2, 0.25) is 0 Å². The quantitative estimate of drug-likeness (QED) is 0.397. The first-order valence-electron chi connectivity index (χ1n) is 8.75. The smallest absolute Gasteiger partial charge is 0.149 e. The predicted octanol–water partition coefficient (Wildman–Crippen LogP) is 5.97. The van der Waals surface area contributed by atoms with Gasteiger partial charge >= 0.3 is 0 Å². The van der Waals surface area contributed by atoms with Crippen molar-refractivity contribution >= 4 is 38.6 Å². The van der Waals surface area contributed by atoms with Gasteiger partial charge < -0.3 is 9.72 Å². The van der Waals surface area contributed by atoms with Crippen LogP contribution in [0.5, 0.6) is 5.75 Å². The lowest BCUT2D eigenvalue weighted by Crippen LogP contribution is -1.95. The van der Waals surface area contributed by atoms with Crippen LogP contribution in [0, 0.1) is 11.3 Å². The highest BCUT2D eigenvalue weighted by Gasteiger charge is 2.08.